The van der Waals surface area contributed by atoms with E-state index in [4.69, 9.17) is 4.74 Å². The third-order valence-corrected chi connectivity index (χ3v) is 8.22. The molecule has 6 nitrogen and oxygen atoms in total. The van der Waals surface area contributed by atoms with E-state index in [1.807, 2.05) is 19.9 Å². The minimum absolute atomic E-state index is 0.0460. The van der Waals surface area contributed by atoms with Crippen molar-refractivity contribution in [1.82, 2.24) is 9.71 Å². The quantitative estimate of drug-likeness (QED) is 0.403. The number of carbonyl (C=O) groups is 1. The van der Waals surface area contributed by atoms with Crippen LogP contribution in [-0.2, 0) is 20.2 Å². The van der Waals surface area contributed by atoms with E-state index in [2.05, 4.69) is 9.71 Å². The van der Waals surface area contributed by atoms with E-state index < -0.39 is 33.1 Å². The zero-order valence-electron chi connectivity index (χ0n) is 20.1. The number of benzene rings is 3. The molecular weight excluding hydrogens is 479 g/mol. The SMILES string of the molecule is COc1ccc(C)cc1C1(C(=O)NS(=O)(=O)c2cccc3nc(C)ccc23)CC1c1ccccc1F. The zero-order chi connectivity index (χ0) is 25.7. The molecule has 0 radical (unpaired) electrons. The number of hydrogen-bond donors (Lipinski definition) is 1. The van der Waals surface area contributed by atoms with Crippen LogP contribution in [0.5, 0.6) is 5.75 Å². The molecule has 8 heteroatoms. The molecule has 0 saturated heterocycles. The number of ether oxygens (including phenoxy) is 1. The summed E-state index contributed by atoms with van der Waals surface area (Å²) in [7, 11) is -2.78. The Kier molecular flexibility index (Phi) is 5.79. The molecule has 1 aromatic heterocycles. The van der Waals surface area contributed by atoms with Gasteiger partial charge in [-0.05, 0) is 62.2 Å². The van der Waals surface area contributed by atoms with E-state index >= 15 is 0 Å². The first-order chi connectivity index (χ1) is 17.2. The second-order valence-corrected chi connectivity index (χ2v) is 10.8. The number of hydrogen-bond acceptors (Lipinski definition) is 5. The van der Waals surface area contributed by atoms with Crippen molar-refractivity contribution in [3.63, 3.8) is 0 Å². The zero-order valence-corrected chi connectivity index (χ0v) is 20.9. The molecule has 0 aliphatic heterocycles. The minimum atomic E-state index is -4.27. The molecule has 3 aromatic carbocycles. The molecule has 36 heavy (non-hydrogen) atoms. The third kappa shape index (κ3) is 3.91. The summed E-state index contributed by atoms with van der Waals surface area (Å²) in [6, 6.07) is 19.8. The molecule has 1 fully saturated rings. The molecule has 2 atom stereocenters. The summed E-state index contributed by atoms with van der Waals surface area (Å²) in [6.45, 7) is 3.69. The topological polar surface area (TPSA) is 85.4 Å². The number of halogens is 1. The molecule has 184 valence electrons. The number of fused-ring (bicyclic) bond motifs is 1. The Morgan fingerprint density at radius 2 is 1.83 bits per heavy atom. The van der Waals surface area contributed by atoms with Gasteiger partial charge in [-0.15, -0.1) is 0 Å². The predicted octanol–water partition coefficient (Wildman–Crippen LogP) is 4.93. The Balaban J connectivity index is 1.61. The van der Waals surface area contributed by atoms with Crippen LogP contribution in [0.4, 0.5) is 4.39 Å². The standard InChI is InChI=1S/C28H25FN2O4S/c1-17-11-14-25(35-3)21(15-17)28(16-22(28)19-7-4-5-8-23(19)29)27(32)31-36(33,34)26-10-6-9-24-20(26)13-12-18(2)30-24/h4-15,22H,16H2,1-3H3,(H,31,32). The highest BCUT2D eigenvalue weighted by Gasteiger charge is 2.64. The number of rotatable bonds is 6. The summed E-state index contributed by atoms with van der Waals surface area (Å²) < 4.78 is 49.7. The van der Waals surface area contributed by atoms with Gasteiger partial charge in [-0.3, -0.25) is 9.78 Å². The predicted molar refractivity (Wildman–Crippen MR) is 135 cm³/mol. The lowest BCUT2D eigenvalue weighted by Gasteiger charge is -2.22. The van der Waals surface area contributed by atoms with Gasteiger partial charge in [-0.25, -0.2) is 17.5 Å². The van der Waals surface area contributed by atoms with Crippen LogP contribution in [0.3, 0.4) is 0 Å². The summed E-state index contributed by atoms with van der Waals surface area (Å²) in [5.74, 6) is -1.28. The average molecular weight is 505 g/mol. The molecule has 2 unspecified atom stereocenters. The summed E-state index contributed by atoms with van der Waals surface area (Å²) in [6.07, 6.45) is 0.241. The van der Waals surface area contributed by atoms with Gasteiger partial charge in [0.05, 0.1) is 22.9 Å². The van der Waals surface area contributed by atoms with Gasteiger partial charge in [-0.1, -0.05) is 42.0 Å². The van der Waals surface area contributed by atoms with Crippen LogP contribution in [0.2, 0.25) is 0 Å². The number of pyridine rings is 1. The summed E-state index contributed by atoms with van der Waals surface area (Å²) >= 11 is 0. The van der Waals surface area contributed by atoms with Crippen molar-refractivity contribution in [2.75, 3.05) is 7.11 Å². The average Bonchev–Trinajstić information content (AvgIpc) is 3.60. The maximum atomic E-state index is 14.8. The Labute approximate surface area is 209 Å². The smallest absolute Gasteiger partial charge is 0.264 e. The molecule has 1 aliphatic carbocycles. The first-order valence-electron chi connectivity index (χ1n) is 11.5. The van der Waals surface area contributed by atoms with E-state index in [1.165, 1.54) is 19.2 Å². The Bertz CT molecular complexity index is 1620. The molecule has 1 saturated carbocycles. The molecule has 0 bridgehead atoms. The lowest BCUT2D eigenvalue weighted by molar-refractivity contribution is -0.122. The Hall–Kier alpha value is -3.78. The minimum Gasteiger partial charge on any atom is -0.496 e. The van der Waals surface area contributed by atoms with E-state index in [9.17, 15) is 17.6 Å². The molecule has 4 aromatic rings. The van der Waals surface area contributed by atoms with Crippen LogP contribution >= 0.6 is 0 Å². The number of aryl methyl sites for hydroxylation is 2. The Morgan fingerprint density at radius 1 is 1.06 bits per heavy atom. The molecule has 1 heterocycles. The van der Waals surface area contributed by atoms with Crippen LogP contribution in [0, 0.1) is 19.7 Å². The van der Waals surface area contributed by atoms with Gasteiger partial charge >= 0.3 is 0 Å². The van der Waals surface area contributed by atoms with Crippen molar-refractivity contribution in [3.05, 3.63) is 101 Å². The van der Waals surface area contributed by atoms with E-state index in [1.54, 1.807) is 54.6 Å². The van der Waals surface area contributed by atoms with Gasteiger partial charge in [0.25, 0.3) is 10.0 Å². The van der Waals surface area contributed by atoms with Gasteiger partial charge < -0.3 is 4.74 Å². The molecule has 1 amide bonds. The van der Waals surface area contributed by atoms with Crippen molar-refractivity contribution in [3.8, 4) is 5.75 Å². The molecular formula is C28H25FN2O4S. The number of methoxy groups -OCH3 is 1. The van der Waals surface area contributed by atoms with Crippen molar-refractivity contribution in [2.45, 2.75) is 36.5 Å². The fraction of sp³-hybridized carbons (Fsp3) is 0.214. The van der Waals surface area contributed by atoms with Crippen molar-refractivity contribution >= 4 is 26.8 Å². The highest BCUT2D eigenvalue weighted by molar-refractivity contribution is 7.90. The van der Waals surface area contributed by atoms with Crippen LogP contribution in [0.15, 0.2) is 77.7 Å². The fourth-order valence-corrected chi connectivity index (χ4v) is 6.22. The van der Waals surface area contributed by atoms with Gasteiger partial charge in [0.1, 0.15) is 11.6 Å². The number of amides is 1. The number of aromatic nitrogens is 1. The maximum Gasteiger partial charge on any atom is 0.264 e. The maximum absolute atomic E-state index is 14.8. The van der Waals surface area contributed by atoms with Crippen molar-refractivity contribution in [2.24, 2.45) is 0 Å². The van der Waals surface area contributed by atoms with Crippen LogP contribution < -0.4 is 9.46 Å². The molecule has 5 rings (SSSR count). The van der Waals surface area contributed by atoms with Crippen LogP contribution in [0.1, 0.15) is 34.7 Å². The van der Waals surface area contributed by atoms with E-state index in [0.717, 1.165) is 11.3 Å². The number of nitrogens with one attached hydrogen (secondary N) is 1. The number of nitrogens with zero attached hydrogens (tertiary/aromatic N) is 1. The van der Waals surface area contributed by atoms with Gasteiger partial charge in [0.2, 0.25) is 5.91 Å². The summed E-state index contributed by atoms with van der Waals surface area (Å²) in [5, 5.41) is 0.409. The lowest BCUT2D eigenvalue weighted by Crippen LogP contribution is -2.40. The molecule has 0 spiro atoms. The summed E-state index contributed by atoms with van der Waals surface area (Å²) in [5.41, 5.74) is 1.70. The molecule has 1 N–H and O–H groups in total. The van der Waals surface area contributed by atoms with Gasteiger partial charge in [0, 0.05) is 22.6 Å². The first kappa shape index (κ1) is 23.9. The highest BCUT2D eigenvalue weighted by Crippen LogP contribution is 2.63. The monoisotopic (exact) mass is 504 g/mol. The number of carbonyl (C=O) groups excluding carboxylic acids is 1. The Morgan fingerprint density at radius 3 is 2.58 bits per heavy atom. The normalized spacial score (nSPS) is 19.2. The van der Waals surface area contributed by atoms with Crippen molar-refractivity contribution in [1.29, 1.82) is 0 Å². The van der Waals surface area contributed by atoms with Gasteiger partial charge in [-0.2, -0.15) is 0 Å². The first-order valence-corrected chi connectivity index (χ1v) is 13.0. The van der Waals surface area contributed by atoms with Gasteiger partial charge in [0.15, 0.2) is 0 Å². The van der Waals surface area contributed by atoms with Crippen molar-refractivity contribution < 1.29 is 22.3 Å². The second kappa shape index (κ2) is 8.71. The highest BCUT2D eigenvalue weighted by atomic mass is 32.2. The second-order valence-electron chi connectivity index (χ2n) is 9.16. The van der Waals surface area contributed by atoms with Crippen LogP contribution in [-0.4, -0.2) is 26.4 Å². The summed E-state index contributed by atoms with van der Waals surface area (Å²) in [4.78, 5) is 18.2. The third-order valence-electron chi connectivity index (χ3n) is 6.83. The van der Waals surface area contributed by atoms with E-state index in [0.29, 0.717) is 27.8 Å². The number of sulfonamides is 1. The van der Waals surface area contributed by atoms with E-state index in [-0.39, 0.29) is 11.3 Å². The largest absolute Gasteiger partial charge is 0.496 e. The lowest BCUT2D eigenvalue weighted by atomic mass is 9.88. The van der Waals surface area contributed by atoms with Crippen LogP contribution in [0.25, 0.3) is 10.9 Å². The molecule has 1 aliphatic rings. The fourth-order valence-electron chi connectivity index (χ4n) is 4.97.